The van der Waals surface area contributed by atoms with E-state index in [0.29, 0.717) is 22.9 Å². The first kappa shape index (κ1) is 17.5. The van der Waals surface area contributed by atoms with E-state index < -0.39 is 0 Å². The number of likely N-dealkylation sites (N-methyl/N-ethyl adjacent to an activating group) is 1. The van der Waals surface area contributed by atoms with E-state index in [1.807, 2.05) is 41.9 Å². The molecule has 1 aliphatic rings. The van der Waals surface area contributed by atoms with Gasteiger partial charge in [-0.15, -0.1) is 11.3 Å². The van der Waals surface area contributed by atoms with Crippen LogP contribution in [0.3, 0.4) is 0 Å². The summed E-state index contributed by atoms with van der Waals surface area (Å²) in [5.74, 6) is 0. The van der Waals surface area contributed by atoms with Crippen LogP contribution < -0.4 is 10.5 Å². The highest BCUT2D eigenvalue weighted by Crippen LogP contribution is 2.28. The van der Waals surface area contributed by atoms with Crippen LogP contribution in [0.15, 0.2) is 45.9 Å². The first-order chi connectivity index (χ1) is 13.5. The number of hydrogen-bond acceptors (Lipinski definition) is 6. The Labute approximate surface area is 166 Å². The highest BCUT2D eigenvalue weighted by Gasteiger charge is 2.24. The summed E-state index contributed by atoms with van der Waals surface area (Å²) >= 11 is 1.61. The van der Waals surface area contributed by atoms with E-state index in [1.165, 1.54) is 4.88 Å². The summed E-state index contributed by atoms with van der Waals surface area (Å²) in [4.78, 5) is 23.9. The predicted molar refractivity (Wildman–Crippen MR) is 114 cm³/mol. The van der Waals surface area contributed by atoms with Gasteiger partial charge in [0.15, 0.2) is 4.96 Å². The minimum Gasteiger partial charge on any atom is -0.422 e. The number of imidazole rings is 1. The van der Waals surface area contributed by atoms with Gasteiger partial charge in [-0.1, -0.05) is 0 Å². The maximum absolute atomic E-state index is 12.6. The van der Waals surface area contributed by atoms with Crippen molar-refractivity contribution >= 4 is 33.0 Å². The van der Waals surface area contributed by atoms with Gasteiger partial charge in [0, 0.05) is 53.5 Å². The van der Waals surface area contributed by atoms with E-state index in [0.717, 1.165) is 35.5 Å². The topological polar surface area (TPSA) is 54.0 Å². The van der Waals surface area contributed by atoms with Crippen molar-refractivity contribution in [1.82, 2.24) is 14.3 Å². The van der Waals surface area contributed by atoms with Gasteiger partial charge in [-0.25, -0.2) is 9.78 Å². The molecule has 1 unspecified atom stereocenters. The maximum Gasteiger partial charge on any atom is 0.345 e. The molecule has 1 aromatic carbocycles. The maximum atomic E-state index is 12.6. The van der Waals surface area contributed by atoms with Gasteiger partial charge in [0.05, 0.1) is 11.3 Å². The zero-order valence-electron chi connectivity index (χ0n) is 16.2. The Morgan fingerprint density at radius 2 is 2.11 bits per heavy atom. The molecule has 0 amide bonds. The number of anilines is 1. The van der Waals surface area contributed by atoms with Crippen LogP contribution in [0.2, 0.25) is 0 Å². The molecular formula is C21H22N4O2S. The van der Waals surface area contributed by atoms with Gasteiger partial charge in [0.25, 0.3) is 0 Å². The van der Waals surface area contributed by atoms with E-state index in [-0.39, 0.29) is 5.63 Å². The van der Waals surface area contributed by atoms with Crippen LogP contribution in [-0.4, -0.2) is 47.5 Å². The zero-order chi connectivity index (χ0) is 19.4. The lowest BCUT2D eigenvalue weighted by atomic mass is 10.1. The second-order valence-corrected chi connectivity index (χ2v) is 8.89. The smallest absolute Gasteiger partial charge is 0.345 e. The molecule has 1 saturated heterocycles. The summed E-state index contributed by atoms with van der Waals surface area (Å²) in [6, 6.07) is 8.57. The molecule has 0 bridgehead atoms. The molecule has 7 heteroatoms. The fourth-order valence-electron chi connectivity index (χ4n) is 3.91. The monoisotopic (exact) mass is 394 g/mol. The number of nitrogens with zero attached hydrogens (tertiary/aromatic N) is 4. The van der Waals surface area contributed by atoms with E-state index in [9.17, 15) is 4.79 Å². The Hall–Kier alpha value is -2.64. The molecule has 4 aromatic rings. The van der Waals surface area contributed by atoms with Crippen molar-refractivity contribution in [3.8, 4) is 11.3 Å². The minimum absolute atomic E-state index is 0.347. The quantitative estimate of drug-likeness (QED) is 0.497. The number of aromatic nitrogens is 2. The van der Waals surface area contributed by atoms with Crippen LogP contribution in [0.25, 0.3) is 27.2 Å². The summed E-state index contributed by atoms with van der Waals surface area (Å²) in [6.45, 7) is 4.05. The lowest BCUT2D eigenvalue weighted by molar-refractivity contribution is 0.315. The van der Waals surface area contributed by atoms with Crippen LogP contribution in [0.5, 0.6) is 0 Å². The van der Waals surface area contributed by atoms with Gasteiger partial charge in [-0.05, 0) is 45.6 Å². The Morgan fingerprint density at radius 1 is 1.25 bits per heavy atom. The number of benzene rings is 1. The van der Waals surface area contributed by atoms with E-state index >= 15 is 0 Å². The SMILES string of the molecule is Cc1cn2cc(-c3cc4ccc(N5CCC(N(C)C)C5)cc4oc3=O)nc2s1. The van der Waals surface area contributed by atoms with Crippen molar-refractivity contribution in [3.05, 3.63) is 52.0 Å². The molecule has 144 valence electrons. The molecule has 28 heavy (non-hydrogen) atoms. The molecular weight excluding hydrogens is 372 g/mol. The highest BCUT2D eigenvalue weighted by molar-refractivity contribution is 7.17. The lowest BCUT2D eigenvalue weighted by Crippen LogP contribution is -2.31. The number of rotatable bonds is 3. The van der Waals surface area contributed by atoms with Gasteiger partial charge < -0.3 is 14.2 Å². The molecule has 3 aromatic heterocycles. The first-order valence-corrected chi connectivity index (χ1v) is 10.2. The van der Waals surface area contributed by atoms with Crippen molar-refractivity contribution < 1.29 is 4.42 Å². The van der Waals surface area contributed by atoms with Gasteiger partial charge >= 0.3 is 5.63 Å². The van der Waals surface area contributed by atoms with E-state index in [4.69, 9.17) is 4.42 Å². The molecule has 0 aliphatic carbocycles. The normalized spacial score (nSPS) is 17.4. The molecule has 0 radical (unpaired) electrons. The molecule has 4 heterocycles. The summed E-state index contributed by atoms with van der Waals surface area (Å²) < 4.78 is 7.63. The Morgan fingerprint density at radius 3 is 2.86 bits per heavy atom. The highest BCUT2D eigenvalue weighted by atomic mass is 32.1. The molecule has 0 spiro atoms. The number of thiazole rings is 1. The summed E-state index contributed by atoms with van der Waals surface area (Å²) in [5, 5.41) is 0.911. The molecule has 1 fully saturated rings. The van der Waals surface area contributed by atoms with Crippen LogP contribution in [0.1, 0.15) is 11.3 Å². The molecule has 6 nitrogen and oxygen atoms in total. The summed E-state index contributed by atoms with van der Waals surface area (Å²) in [7, 11) is 4.24. The van der Waals surface area contributed by atoms with Crippen molar-refractivity contribution in [2.45, 2.75) is 19.4 Å². The third-order valence-electron chi connectivity index (χ3n) is 5.53. The number of fused-ring (bicyclic) bond motifs is 2. The second-order valence-electron chi connectivity index (χ2n) is 7.68. The predicted octanol–water partition coefficient (Wildman–Crippen LogP) is 3.62. The Bertz CT molecular complexity index is 1200. The van der Waals surface area contributed by atoms with Crippen molar-refractivity contribution in [2.24, 2.45) is 0 Å². The van der Waals surface area contributed by atoms with Gasteiger partial charge in [0.2, 0.25) is 0 Å². The number of hydrogen-bond donors (Lipinski definition) is 0. The molecule has 1 aliphatic heterocycles. The molecule has 1 atom stereocenters. The standard InChI is InChI=1S/C21H22N4O2S/c1-13-10-25-12-18(22-21(25)28-13)17-8-14-4-5-15(9-19(14)27-20(17)26)24-7-6-16(11-24)23(2)3/h4-5,8-10,12,16H,6-7,11H2,1-3H3. The van der Waals surface area contributed by atoms with Crippen LogP contribution in [0.4, 0.5) is 5.69 Å². The third-order valence-corrected chi connectivity index (χ3v) is 6.44. The Kier molecular flexibility index (Phi) is 4.03. The average Bonchev–Trinajstić information content (AvgIpc) is 3.35. The first-order valence-electron chi connectivity index (χ1n) is 9.43. The lowest BCUT2D eigenvalue weighted by Gasteiger charge is -2.22. The Balaban J connectivity index is 1.51. The van der Waals surface area contributed by atoms with Gasteiger partial charge in [0.1, 0.15) is 5.58 Å². The molecule has 0 N–H and O–H groups in total. The average molecular weight is 395 g/mol. The van der Waals surface area contributed by atoms with Crippen molar-refractivity contribution in [1.29, 1.82) is 0 Å². The van der Waals surface area contributed by atoms with Gasteiger partial charge in [-0.3, -0.25) is 4.40 Å². The molecule has 5 rings (SSSR count). The van der Waals surface area contributed by atoms with Crippen molar-refractivity contribution in [3.63, 3.8) is 0 Å². The fraction of sp³-hybridized carbons (Fsp3) is 0.333. The fourth-order valence-corrected chi connectivity index (χ4v) is 4.72. The van der Waals surface area contributed by atoms with Crippen LogP contribution in [0, 0.1) is 6.92 Å². The third kappa shape index (κ3) is 2.91. The zero-order valence-corrected chi connectivity index (χ0v) is 17.0. The molecule has 0 saturated carbocycles. The minimum atomic E-state index is -0.347. The van der Waals surface area contributed by atoms with Crippen molar-refractivity contribution in [2.75, 3.05) is 32.1 Å². The number of aryl methyl sites for hydroxylation is 1. The van der Waals surface area contributed by atoms with E-state index in [2.05, 4.69) is 34.9 Å². The summed E-state index contributed by atoms with van der Waals surface area (Å²) in [5.41, 5.74) is 2.53. The summed E-state index contributed by atoms with van der Waals surface area (Å²) in [6.07, 6.45) is 5.05. The van der Waals surface area contributed by atoms with Gasteiger partial charge in [-0.2, -0.15) is 0 Å². The second kappa shape index (κ2) is 6.46. The largest absolute Gasteiger partial charge is 0.422 e. The van der Waals surface area contributed by atoms with Crippen LogP contribution in [-0.2, 0) is 0 Å². The van der Waals surface area contributed by atoms with E-state index in [1.54, 1.807) is 11.3 Å². The van der Waals surface area contributed by atoms with Crippen LogP contribution >= 0.6 is 11.3 Å².